The maximum Gasteiger partial charge on any atom is 0.245 e. The van der Waals surface area contributed by atoms with Crippen molar-refractivity contribution in [2.75, 3.05) is 40.4 Å². The van der Waals surface area contributed by atoms with Gasteiger partial charge in [-0.25, -0.2) is 8.42 Å². The summed E-state index contributed by atoms with van der Waals surface area (Å²) in [6.45, 7) is 3.55. The Hall–Kier alpha value is -2.25. The lowest BCUT2D eigenvalue weighted by Gasteiger charge is -2.24. The van der Waals surface area contributed by atoms with Crippen LogP contribution >= 0.6 is 11.6 Å². The molecule has 1 saturated heterocycles. The van der Waals surface area contributed by atoms with E-state index < -0.39 is 15.9 Å². The van der Waals surface area contributed by atoms with Crippen molar-refractivity contribution in [3.8, 4) is 0 Å². The van der Waals surface area contributed by atoms with Gasteiger partial charge in [0.15, 0.2) is 0 Å². The van der Waals surface area contributed by atoms with Crippen molar-refractivity contribution in [1.82, 2.24) is 0 Å². The fraction of sp³-hybridized carbons (Fsp3) is 0.350. The number of rotatable bonds is 6. The molecular formula is C20H24ClN3O3S. The van der Waals surface area contributed by atoms with Gasteiger partial charge in [0, 0.05) is 29.5 Å². The zero-order valence-electron chi connectivity index (χ0n) is 16.0. The minimum atomic E-state index is -3.66. The van der Waals surface area contributed by atoms with Gasteiger partial charge in [-0.3, -0.25) is 9.10 Å². The highest BCUT2D eigenvalue weighted by Gasteiger charge is 2.23. The number of carbonyl (C=O) groups excluding carboxylic acids is 1. The molecule has 6 nitrogen and oxygen atoms in total. The van der Waals surface area contributed by atoms with E-state index in [-0.39, 0.29) is 6.54 Å². The first-order valence-electron chi connectivity index (χ1n) is 9.13. The number of amides is 1. The quantitative estimate of drug-likeness (QED) is 0.772. The summed E-state index contributed by atoms with van der Waals surface area (Å²) in [5.74, 6) is -0.418. The molecule has 2 aromatic rings. The lowest BCUT2D eigenvalue weighted by Crippen LogP contribution is -2.37. The number of halogens is 1. The average molecular weight is 422 g/mol. The molecule has 0 radical (unpaired) electrons. The van der Waals surface area contributed by atoms with Gasteiger partial charge in [-0.15, -0.1) is 0 Å². The fourth-order valence-electron chi connectivity index (χ4n) is 3.29. The lowest BCUT2D eigenvalue weighted by atomic mass is 10.2. The zero-order valence-corrected chi connectivity index (χ0v) is 17.6. The molecule has 2 aromatic carbocycles. The highest BCUT2D eigenvalue weighted by Crippen LogP contribution is 2.26. The third-order valence-electron chi connectivity index (χ3n) is 4.75. The Morgan fingerprint density at radius 1 is 1.14 bits per heavy atom. The van der Waals surface area contributed by atoms with Gasteiger partial charge < -0.3 is 10.2 Å². The van der Waals surface area contributed by atoms with Crippen molar-refractivity contribution in [3.63, 3.8) is 0 Å². The zero-order chi connectivity index (χ0) is 20.3. The lowest BCUT2D eigenvalue weighted by molar-refractivity contribution is -0.114. The van der Waals surface area contributed by atoms with Gasteiger partial charge in [0.2, 0.25) is 15.9 Å². The molecule has 1 aliphatic heterocycles. The molecule has 0 bridgehead atoms. The first-order valence-corrected chi connectivity index (χ1v) is 11.4. The van der Waals surface area contributed by atoms with Crippen LogP contribution in [0.15, 0.2) is 42.5 Å². The molecule has 0 spiro atoms. The number of aryl methyl sites for hydroxylation is 1. The third-order valence-corrected chi connectivity index (χ3v) is 6.11. The molecule has 150 valence electrons. The fourth-order valence-corrected chi connectivity index (χ4v) is 4.37. The van der Waals surface area contributed by atoms with Crippen LogP contribution in [0.3, 0.4) is 0 Å². The smallest absolute Gasteiger partial charge is 0.245 e. The molecule has 1 fully saturated rings. The van der Waals surface area contributed by atoms with E-state index >= 15 is 0 Å². The van der Waals surface area contributed by atoms with Gasteiger partial charge in [0.05, 0.1) is 11.9 Å². The molecule has 0 aromatic heterocycles. The van der Waals surface area contributed by atoms with Crippen LogP contribution in [0, 0.1) is 6.92 Å². The van der Waals surface area contributed by atoms with Crippen molar-refractivity contribution >= 4 is 44.6 Å². The van der Waals surface area contributed by atoms with Crippen molar-refractivity contribution in [3.05, 3.63) is 53.1 Å². The number of anilines is 3. The number of hydrogen-bond acceptors (Lipinski definition) is 4. The Morgan fingerprint density at radius 2 is 1.79 bits per heavy atom. The van der Waals surface area contributed by atoms with Crippen LogP contribution in [-0.2, 0) is 14.8 Å². The minimum absolute atomic E-state index is 0.326. The normalized spacial score (nSPS) is 14.2. The maximum absolute atomic E-state index is 12.5. The molecule has 1 amide bonds. The van der Waals surface area contributed by atoms with E-state index in [1.807, 2.05) is 24.3 Å². The van der Waals surface area contributed by atoms with Gasteiger partial charge in [-0.2, -0.15) is 0 Å². The largest absolute Gasteiger partial charge is 0.372 e. The van der Waals surface area contributed by atoms with E-state index in [4.69, 9.17) is 11.6 Å². The molecule has 28 heavy (non-hydrogen) atoms. The standard InChI is InChI=1S/C20H24ClN3O3S/c1-15-5-6-16(21)13-19(15)24(28(2,26)27)14-20(25)22-17-7-9-18(10-8-17)23-11-3-4-12-23/h5-10,13H,3-4,11-12,14H2,1-2H3,(H,22,25). The number of hydrogen-bond donors (Lipinski definition) is 1. The summed E-state index contributed by atoms with van der Waals surface area (Å²) in [4.78, 5) is 14.8. The first-order chi connectivity index (χ1) is 13.2. The summed E-state index contributed by atoms with van der Waals surface area (Å²) in [5, 5.41) is 3.18. The predicted octanol–water partition coefficient (Wildman–Crippen LogP) is 3.65. The van der Waals surface area contributed by atoms with Crippen molar-refractivity contribution < 1.29 is 13.2 Å². The molecule has 1 N–H and O–H groups in total. The first kappa shape index (κ1) is 20.5. The van der Waals surface area contributed by atoms with E-state index in [1.165, 1.54) is 12.8 Å². The number of nitrogens with zero attached hydrogens (tertiary/aromatic N) is 2. The van der Waals surface area contributed by atoms with Gasteiger partial charge in [-0.05, 0) is 61.7 Å². The number of carbonyl (C=O) groups is 1. The molecule has 1 heterocycles. The number of sulfonamides is 1. The monoisotopic (exact) mass is 421 g/mol. The van der Waals surface area contributed by atoms with Gasteiger partial charge in [0.25, 0.3) is 0 Å². The summed E-state index contributed by atoms with van der Waals surface area (Å²) in [6.07, 6.45) is 3.47. The molecular weight excluding hydrogens is 398 g/mol. The van der Waals surface area contributed by atoms with Crippen LogP contribution in [0.5, 0.6) is 0 Å². The van der Waals surface area contributed by atoms with Crippen LogP contribution in [0.4, 0.5) is 17.1 Å². The van der Waals surface area contributed by atoms with Gasteiger partial charge in [0.1, 0.15) is 6.54 Å². The van der Waals surface area contributed by atoms with E-state index in [0.29, 0.717) is 16.4 Å². The molecule has 0 aliphatic carbocycles. The van der Waals surface area contributed by atoms with Crippen LogP contribution in [0.25, 0.3) is 0 Å². The van der Waals surface area contributed by atoms with Crippen molar-refractivity contribution in [2.24, 2.45) is 0 Å². The molecule has 1 aliphatic rings. The topological polar surface area (TPSA) is 69.7 Å². The molecule has 8 heteroatoms. The van der Waals surface area contributed by atoms with Crippen LogP contribution in [-0.4, -0.2) is 40.2 Å². The summed E-state index contributed by atoms with van der Waals surface area (Å²) in [7, 11) is -3.66. The Labute approximate surface area is 171 Å². The average Bonchev–Trinajstić information content (AvgIpc) is 3.16. The van der Waals surface area contributed by atoms with Gasteiger partial charge >= 0.3 is 0 Å². The van der Waals surface area contributed by atoms with E-state index in [2.05, 4.69) is 10.2 Å². The minimum Gasteiger partial charge on any atom is -0.372 e. The summed E-state index contributed by atoms with van der Waals surface area (Å²) < 4.78 is 25.6. The van der Waals surface area contributed by atoms with Crippen LogP contribution in [0.1, 0.15) is 18.4 Å². The van der Waals surface area contributed by atoms with Crippen molar-refractivity contribution in [2.45, 2.75) is 19.8 Å². The molecule has 3 rings (SSSR count). The van der Waals surface area contributed by atoms with Gasteiger partial charge in [-0.1, -0.05) is 17.7 Å². The van der Waals surface area contributed by atoms with Crippen molar-refractivity contribution in [1.29, 1.82) is 0 Å². The third kappa shape index (κ3) is 4.97. The summed E-state index contributed by atoms with van der Waals surface area (Å²) in [5.41, 5.74) is 2.87. The Kier molecular flexibility index (Phi) is 6.15. The molecule has 0 saturated carbocycles. The number of benzene rings is 2. The summed E-state index contributed by atoms with van der Waals surface area (Å²) in [6, 6.07) is 12.6. The second-order valence-electron chi connectivity index (χ2n) is 6.99. The second kappa shape index (κ2) is 8.41. The highest BCUT2D eigenvalue weighted by atomic mass is 35.5. The molecule has 0 atom stereocenters. The number of nitrogens with one attached hydrogen (secondary N) is 1. The van der Waals surface area contributed by atoms with E-state index in [0.717, 1.165) is 34.9 Å². The van der Waals surface area contributed by atoms with E-state index in [1.54, 1.807) is 25.1 Å². The second-order valence-corrected chi connectivity index (χ2v) is 9.33. The Bertz CT molecular complexity index is 955. The predicted molar refractivity (Wildman–Crippen MR) is 115 cm³/mol. The Morgan fingerprint density at radius 3 is 2.39 bits per heavy atom. The maximum atomic E-state index is 12.5. The van der Waals surface area contributed by atoms with E-state index in [9.17, 15) is 13.2 Å². The van der Waals surface area contributed by atoms with Crippen LogP contribution < -0.4 is 14.5 Å². The molecule has 0 unspecified atom stereocenters. The Balaban J connectivity index is 1.73. The highest BCUT2D eigenvalue weighted by molar-refractivity contribution is 7.92. The summed E-state index contributed by atoms with van der Waals surface area (Å²) >= 11 is 6.02. The van der Waals surface area contributed by atoms with Crippen LogP contribution in [0.2, 0.25) is 5.02 Å². The SMILES string of the molecule is Cc1ccc(Cl)cc1N(CC(=O)Nc1ccc(N2CCCC2)cc1)S(C)(=O)=O.